The third-order valence-corrected chi connectivity index (χ3v) is 4.10. The van der Waals surface area contributed by atoms with E-state index in [1.807, 2.05) is 73.7 Å². The number of hydrogen-bond donors (Lipinski definition) is 1. The van der Waals surface area contributed by atoms with Gasteiger partial charge in [-0.15, -0.1) is 0 Å². The van der Waals surface area contributed by atoms with E-state index >= 15 is 0 Å². The molecule has 3 rings (SSSR count). The Kier molecular flexibility index (Phi) is 6.05. The van der Waals surface area contributed by atoms with E-state index in [1.165, 1.54) is 0 Å². The molecule has 0 fully saturated rings. The van der Waals surface area contributed by atoms with Crippen LogP contribution in [-0.4, -0.2) is 19.1 Å². The molecule has 3 aromatic rings. The summed E-state index contributed by atoms with van der Waals surface area (Å²) in [7, 11) is 0. The molecular formula is C23H23NO2. The molecule has 0 aliphatic heterocycles. The van der Waals surface area contributed by atoms with Crippen LogP contribution in [0.5, 0.6) is 5.75 Å². The minimum atomic E-state index is 0.00976. The summed E-state index contributed by atoms with van der Waals surface area (Å²) in [6.07, 6.45) is 0.391. The predicted molar refractivity (Wildman–Crippen MR) is 105 cm³/mol. The Labute approximate surface area is 154 Å². The number of hydrogen-bond acceptors (Lipinski definition) is 2. The lowest BCUT2D eigenvalue weighted by Gasteiger charge is -2.12. The van der Waals surface area contributed by atoms with Gasteiger partial charge in [0.25, 0.3) is 0 Å². The van der Waals surface area contributed by atoms with Gasteiger partial charge in [0, 0.05) is 5.56 Å². The first kappa shape index (κ1) is 17.7. The van der Waals surface area contributed by atoms with Crippen LogP contribution in [0.4, 0.5) is 0 Å². The standard InChI is InChI=1S/C23H23NO2/c1-18-8-7-9-19(16-18)17-23(25)24-14-15-26-22-13-6-5-12-21(22)20-10-3-2-4-11-20/h2-13,16H,14-15,17H2,1H3,(H,24,25). The first-order valence-electron chi connectivity index (χ1n) is 8.82. The molecule has 0 aliphatic carbocycles. The number of rotatable bonds is 7. The summed E-state index contributed by atoms with van der Waals surface area (Å²) in [5.74, 6) is 0.835. The predicted octanol–water partition coefficient (Wildman–Crippen LogP) is 4.40. The van der Waals surface area contributed by atoms with Crippen molar-refractivity contribution in [2.45, 2.75) is 13.3 Å². The second-order valence-electron chi connectivity index (χ2n) is 6.23. The van der Waals surface area contributed by atoms with E-state index in [1.54, 1.807) is 0 Å². The quantitative estimate of drug-likeness (QED) is 0.645. The molecule has 0 bridgehead atoms. The molecule has 0 aliphatic rings. The Morgan fingerprint density at radius 1 is 0.923 bits per heavy atom. The second-order valence-corrected chi connectivity index (χ2v) is 6.23. The van der Waals surface area contributed by atoms with E-state index in [-0.39, 0.29) is 5.91 Å². The fourth-order valence-electron chi connectivity index (χ4n) is 2.87. The molecule has 1 amide bonds. The topological polar surface area (TPSA) is 38.3 Å². The SMILES string of the molecule is Cc1cccc(CC(=O)NCCOc2ccccc2-c2ccccc2)c1. The molecule has 0 aromatic heterocycles. The van der Waals surface area contributed by atoms with Gasteiger partial charge in [0.05, 0.1) is 13.0 Å². The highest BCUT2D eigenvalue weighted by molar-refractivity contribution is 5.78. The van der Waals surface area contributed by atoms with Crippen LogP contribution in [0.25, 0.3) is 11.1 Å². The zero-order valence-corrected chi connectivity index (χ0v) is 14.9. The number of amides is 1. The summed E-state index contributed by atoms with van der Waals surface area (Å²) in [5, 5.41) is 2.92. The average molecular weight is 345 g/mol. The number of ether oxygens (including phenoxy) is 1. The Morgan fingerprint density at radius 2 is 1.69 bits per heavy atom. The van der Waals surface area contributed by atoms with Crippen LogP contribution in [0, 0.1) is 6.92 Å². The summed E-state index contributed by atoms with van der Waals surface area (Å²) in [5.41, 5.74) is 4.36. The Balaban J connectivity index is 1.50. The van der Waals surface area contributed by atoms with Crippen molar-refractivity contribution in [2.24, 2.45) is 0 Å². The molecule has 3 aromatic carbocycles. The maximum absolute atomic E-state index is 12.1. The largest absolute Gasteiger partial charge is 0.491 e. The van der Waals surface area contributed by atoms with Crippen LogP contribution in [0.2, 0.25) is 0 Å². The van der Waals surface area contributed by atoms with Gasteiger partial charge in [-0.3, -0.25) is 4.79 Å². The third kappa shape index (κ3) is 4.96. The van der Waals surface area contributed by atoms with Gasteiger partial charge in [0.15, 0.2) is 0 Å². The summed E-state index contributed by atoms with van der Waals surface area (Å²) >= 11 is 0. The fraction of sp³-hybridized carbons (Fsp3) is 0.174. The monoisotopic (exact) mass is 345 g/mol. The van der Waals surface area contributed by atoms with Gasteiger partial charge in [0.2, 0.25) is 5.91 Å². The highest BCUT2D eigenvalue weighted by Crippen LogP contribution is 2.29. The molecule has 0 saturated heterocycles. The van der Waals surface area contributed by atoms with E-state index in [2.05, 4.69) is 17.4 Å². The van der Waals surface area contributed by atoms with Gasteiger partial charge in [-0.25, -0.2) is 0 Å². The summed E-state index contributed by atoms with van der Waals surface area (Å²) in [4.78, 5) is 12.1. The second kappa shape index (κ2) is 8.86. The van der Waals surface area contributed by atoms with Crippen molar-refractivity contribution in [3.8, 4) is 16.9 Å². The molecule has 26 heavy (non-hydrogen) atoms. The van der Waals surface area contributed by atoms with Crippen molar-refractivity contribution in [1.82, 2.24) is 5.32 Å². The Bertz CT molecular complexity index is 859. The van der Waals surface area contributed by atoms with E-state index < -0.39 is 0 Å². The van der Waals surface area contributed by atoms with E-state index in [9.17, 15) is 4.79 Å². The molecule has 0 radical (unpaired) electrons. The number of carbonyl (C=O) groups is 1. The van der Waals surface area contributed by atoms with Crippen LogP contribution < -0.4 is 10.1 Å². The van der Waals surface area contributed by atoms with Gasteiger partial charge < -0.3 is 10.1 Å². The molecule has 0 spiro atoms. The fourth-order valence-corrected chi connectivity index (χ4v) is 2.87. The lowest BCUT2D eigenvalue weighted by atomic mass is 10.1. The lowest BCUT2D eigenvalue weighted by Crippen LogP contribution is -2.29. The lowest BCUT2D eigenvalue weighted by molar-refractivity contribution is -0.120. The first-order chi connectivity index (χ1) is 12.7. The molecule has 3 nitrogen and oxygen atoms in total. The zero-order chi connectivity index (χ0) is 18.2. The minimum Gasteiger partial charge on any atom is -0.491 e. The van der Waals surface area contributed by atoms with Gasteiger partial charge in [-0.05, 0) is 24.1 Å². The maximum Gasteiger partial charge on any atom is 0.224 e. The molecule has 0 unspecified atom stereocenters. The minimum absolute atomic E-state index is 0.00976. The van der Waals surface area contributed by atoms with Crippen molar-refractivity contribution in [2.75, 3.05) is 13.2 Å². The summed E-state index contributed by atoms with van der Waals surface area (Å²) in [6.45, 7) is 2.94. The molecule has 1 N–H and O–H groups in total. The molecule has 132 valence electrons. The van der Waals surface area contributed by atoms with Crippen molar-refractivity contribution >= 4 is 5.91 Å². The normalized spacial score (nSPS) is 10.3. The highest BCUT2D eigenvalue weighted by Gasteiger charge is 2.06. The number of nitrogens with one attached hydrogen (secondary N) is 1. The molecular weight excluding hydrogens is 322 g/mol. The van der Waals surface area contributed by atoms with E-state index in [0.29, 0.717) is 19.6 Å². The van der Waals surface area contributed by atoms with Gasteiger partial charge in [-0.1, -0.05) is 78.4 Å². The van der Waals surface area contributed by atoms with Crippen molar-refractivity contribution in [3.05, 3.63) is 90.0 Å². The van der Waals surface area contributed by atoms with Crippen molar-refractivity contribution in [1.29, 1.82) is 0 Å². The first-order valence-corrected chi connectivity index (χ1v) is 8.82. The van der Waals surface area contributed by atoms with Gasteiger partial charge >= 0.3 is 0 Å². The summed E-state index contributed by atoms with van der Waals surface area (Å²) < 4.78 is 5.90. The average Bonchev–Trinajstić information content (AvgIpc) is 2.66. The third-order valence-electron chi connectivity index (χ3n) is 4.10. The maximum atomic E-state index is 12.1. The van der Waals surface area contributed by atoms with Crippen LogP contribution in [-0.2, 0) is 11.2 Å². The highest BCUT2D eigenvalue weighted by atomic mass is 16.5. The number of para-hydroxylation sites is 1. The van der Waals surface area contributed by atoms with Gasteiger partial charge in [0.1, 0.15) is 12.4 Å². The Morgan fingerprint density at radius 3 is 2.50 bits per heavy atom. The van der Waals surface area contributed by atoms with E-state index in [4.69, 9.17) is 4.74 Å². The number of carbonyl (C=O) groups excluding carboxylic acids is 1. The summed E-state index contributed by atoms with van der Waals surface area (Å²) in [6, 6.07) is 26.1. The zero-order valence-electron chi connectivity index (χ0n) is 14.9. The number of aryl methyl sites for hydroxylation is 1. The van der Waals surface area contributed by atoms with Crippen molar-refractivity contribution in [3.63, 3.8) is 0 Å². The molecule has 0 heterocycles. The molecule has 0 atom stereocenters. The van der Waals surface area contributed by atoms with Gasteiger partial charge in [-0.2, -0.15) is 0 Å². The molecule has 3 heteroatoms. The molecule has 0 saturated carbocycles. The van der Waals surface area contributed by atoms with Crippen LogP contribution in [0.3, 0.4) is 0 Å². The number of benzene rings is 3. The van der Waals surface area contributed by atoms with Crippen LogP contribution in [0.15, 0.2) is 78.9 Å². The van der Waals surface area contributed by atoms with Crippen LogP contribution in [0.1, 0.15) is 11.1 Å². The van der Waals surface area contributed by atoms with Crippen molar-refractivity contribution < 1.29 is 9.53 Å². The van der Waals surface area contributed by atoms with Crippen LogP contribution >= 0.6 is 0 Å². The van der Waals surface area contributed by atoms with E-state index in [0.717, 1.165) is 28.0 Å². The smallest absolute Gasteiger partial charge is 0.224 e. The Hall–Kier alpha value is -3.07.